The second-order valence-electron chi connectivity index (χ2n) is 4.11. The third-order valence-electron chi connectivity index (χ3n) is 3.28. The minimum absolute atomic E-state index is 0.320. The first kappa shape index (κ1) is 9.19. The van der Waals surface area contributed by atoms with Gasteiger partial charge < -0.3 is 14.8 Å². The van der Waals surface area contributed by atoms with E-state index in [9.17, 15) is 0 Å². The van der Waals surface area contributed by atoms with Crippen LogP contribution in [0, 0.1) is 0 Å². The molecule has 0 bridgehead atoms. The molecule has 0 radical (unpaired) electrons. The lowest BCUT2D eigenvalue weighted by Crippen LogP contribution is -2.39. The molecule has 1 heterocycles. The quantitative estimate of drug-likeness (QED) is 0.749. The molecule has 3 heteroatoms. The van der Waals surface area contributed by atoms with Crippen LogP contribution in [0.2, 0.25) is 0 Å². The van der Waals surface area contributed by atoms with Gasteiger partial charge in [0.1, 0.15) is 5.75 Å². The van der Waals surface area contributed by atoms with E-state index in [4.69, 9.17) is 9.47 Å². The zero-order chi connectivity index (χ0) is 10.3. The van der Waals surface area contributed by atoms with Gasteiger partial charge in [0.25, 0.3) is 0 Å². The highest BCUT2D eigenvalue weighted by molar-refractivity contribution is 5.42. The number of benzene rings is 1. The van der Waals surface area contributed by atoms with Gasteiger partial charge in [0.05, 0.1) is 25.9 Å². The standard InChI is InChI=1S/C12H15NO2/c1-14-9-3-2-8-6-11-12(10(8)7-9)13-4-5-15-11/h2-3,7,11-13H,4-6H2,1H3. The summed E-state index contributed by atoms with van der Waals surface area (Å²) in [6.07, 6.45) is 1.35. The second-order valence-corrected chi connectivity index (χ2v) is 4.11. The molecule has 0 saturated carbocycles. The number of nitrogens with one attached hydrogen (secondary N) is 1. The van der Waals surface area contributed by atoms with E-state index < -0.39 is 0 Å². The van der Waals surface area contributed by atoms with Gasteiger partial charge in [0.15, 0.2) is 0 Å². The molecule has 1 aliphatic carbocycles. The molecule has 1 aliphatic heterocycles. The lowest BCUT2D eigenvalue weighted by Gasteiger charge is -2.27. The Morgan fingerprint density at radius 2 is 2.40 bits per heavy atom. The number of hydrogen-bond acceptors (Lipinski definition) is 3. The summed E-state index contributed by atoms with van der Waals surface area (Å²) in [4.78, 5) is 0. The van der Waals surface area contributed by atoms with Gasteiger partial charge in [-0.3, -0.25) is 0 Å². The van der Waals surface area contributed by atoms with Gasteiger partial charge in [0.2, 0.25) is 0 Å². The Labute approximate surface area is 89.4 Å². The molecule has 0 aromatic heterocycles. The SMILES string of the molecule is COc1ccc2c(c1)C1NCCOC1C2. The molecule has 1 fully saturated rings. The van der Waals surface area contributed by atoms with Crippen molar-refractivity contribution in [3.8, 4) is 5.75 Å². The number of ether oxygens (including phenoxy) is 2. The average molecular weight is 205 g/mol. The summed E-state index contributed by atoms with van der Waals surface area (Å²) in [7, 11) is 1.71. The van der Waals surface area contributed by atoms with E-state index in [1.54, 1.807) is 7.11 Å². The molecule has 3 rings (SSSR count). The van der Waals surface area contributed by atoms with Crippen molar-refractivity contribution in [3.63, 3.8) is 0 Å². The average Bonchev–Trinajstić information content (AvgIpc) is 2.66. The van der Waals surface area contributed by atoms with Crippen molar-refractivity contribution in [2.45, 2.75) is 18.6 Å². The van der Waals surface area contributed by atoms with Crippen LogP contribution >= 0.6 is 0 Å². The van der Waals surface area contributed by atoms with Crippen LogP contribution in [0.15, 0.2) is 18.2 Å². The Hall–Kier alpha value is -1.06. The lowest BCUT2D eigenvalue weighted by atomic mass is 10.1. The number of hydrogen-bond donors (Lipinski definition) is 1. The lowest BCUT2D eigenvalue weighted by molar-refractivity contribution is 0.00502. The van der Waals surface area contributed by atoms with Crippen LogP contribution in [0.1, 0.15) is 17.2 Å². The summed E-state index contributed by atoms with van der Waals surface area (Å²) in [5.41, 5.74) is 2.74. The maximum Gasteiger partial charge on any atom is 0.119 e. The molecule has 1 aromatic carbocycles. The number of rotatable bonds is 1. The maximum absolute atomic E-state index is 5.75. The molecule has 2 unspecified atom stereocenters. The van der Waals surface area contributed by atoms with E-state index in [0.717, 1.165) is 25.3 Å². The number of fused-ring (bicyclic) bond motifs is 3. The third-order valence-corrected chi connectivity index (χ3v) is 3.28. The van der Waals surface area contributed by atoms with E-state index in [-0.39, 0.29) is 0 Å². The van der Waals surface area contributed by atoms with E-state index in [0.29, 0.717) is 12.1 Å². The molecule has 80 valence electrons. The normalized spacial score (nSPS) is 28.3. The number of morpholine rings is 1. The van der Waals surface area contributed by atoms with E-state index in [2.05, 4.69) is 17.4 Å². The van der Waals surface area contributed by atoms with E-state index >= 15 is 0 Å². The van der Waals surface area contributed by atoms with Crippen molar-refractivity contribution in [2.24, 2.45) is 0 Å². The summed E-state index contributed by atoms with van der Waals surface area (Å²) < 4.78 is 11.0. The minimum Gasteiger partial charge on any atom is -0.497 e. The fraction of sp³-hybridized carbons (Fsp3) is 0.500. The molecule has 2 aliphatic rings. The van der Waals surface area contributed by atoms with Crippen molar-refractivity contribution in [1.29, 1.82) is 0 Å². The molecular formula is C12H15NO2. The van der Waals surface area contributed by atoms with Crippen molar-refractivity contribution in [3.05, 3.63) is 29.3 Å². The Bertz CT molecular complexity index is 378. The van der Waals surface area contributed by atoms with Crippen LogP contribution < -0.4 is 10.1 Å². The van der Waals surface area contributed by atoms with Gasteiger partial charge in [-0.1, -0.05) is 6.07 Å². The zero-order valence-corrected chi connectivity index (χ0v) is 8.82. The smallest absolute Gasteiger partial charge is 0.119 e. The Morgan fingerprint density at radius 1 is 1.47 bits per heavy atom. The van der Waals surface area contributed by atoms with Crippen LogP contribution in [0.4, 0.5) is 0 Å². The van der Waals surface area contributed by atoms with Gasteiger partial charge in [-0.25, -0.2) is 0 Å². The first-order valence-electron chi connectivity index (χ1n) is 5.40. The molecule has 1 aromatic rings. The minimum atomic E-state index is 0.320. The van der Waals surface area contributed by atoms with Crippen molar-refractivity contribution in [2.75, 3.05) is 20.3 Å². The summed E-state index contributed by atoms with van der Waals surface area (Å²) in [5.74, 6) is 0.932. The largest absolute Gasteiger partial charge is 0.497 e. The zero-order valence-electron chi connectivity index (χ0n) is 8.82. The summed E-state index contributed by atoms with van der Waals surface area (Å²) in [5, 5.41) is 3.51. The topological polar surface area (TPSA) is 30.5 Å². The Kier molecular flexibility index (Phi) is 2.15. The Balaban J connectivity index is 1.98. The van der Waals surface area contributed by atoms with Gasteiger partial charge in [0, 0.05) is 13.0 Å². The molecular weight excluding hydrogens is 190 g/mol. The first-order valence-corrected chi connectivity index (χ1v) is 5.40. The monoisotopic (exact) mass is 205 g/mol. The van der Waals surface area contributed by atoms with Crippen LogP contribution in [0.5, 0.6) is 5.75 Å². The van der Waals surface area contributed by atoms with Crippen LogP contribution in [-0.2, 0) is 11.2 Å². The van der Waals surface area contributed by atoms with E-state index in [1.807, 2.05) is 6.07 Å². The highest BCUT2D eigenvalue weighted by atomic mass is 16.5. The van der Waals surface area contributed by atoms with E-state index in [1.165, 1.54) is 11.1 Å². The molecule has 0 spiro atoms. The van der Waals surface area contributed by atoms with Crippen LogP contribution in [0.3, 0.4) is 0 Å². The summed E-state index contributed by atoms with van der Waals surface area (Å²) >= 11 is 0. The van der Waals surface area contributed by atoms with Crippen LogP contribution in [-0.4, -0.2) is 26.4 Å². The van der Waals surface area contributed by atoms with Crippen molar-refractivity contribution in [1.82, 2.24) is 5.32 Å². The second kappa shape index (κ2) is 3.51. The van der Waals surface area contributed by atoms with Gasteiger partial charge in [-0.2, -0.15) is 0 Å². The van der Waals surface area contributed by atoms with Crippen molar-refractivity contribution >= 4 is 0 Å². The van der Waals surface area contributed by atoms with Gasteiger partial charge in [-0.15, -0.1) is 0 Å². The number of methoxy groups -OCH3 is 1. The fourth-order valence-corrected chi connectivity index (χ4v) is 2.53. The third kappa shape index (κ3) is 1.43. The Morgan fingerprint density at radius 3 is 3.27 bits per heavy atom. The predicted octanol–water partition coefficient (Wildman–Crippen LogP) is 1.28. The summed E-state index contributed by atoms with van der Waals surface area (Å²) in [6, 6.07) is 6.67. The van der Waals surface area contributed by atoms with Crippen molar-refractivity contribution < 1.29 is 9.47 Å². The molecule has 3 nitrogen and oxygen atoms in total. The molecule has 1 saturated heterocycles. The van der Waals surface area contributed by atoms with Gasteiger partial charge in [-0.05, 0) is 23.3 Å². The highest BCUT2D eigenvalue weighted by Gasteiger charge is 2.35. The highest BCUT2D eigenvalue weighted by Crippen LogP contribution is 2.36. The predicted molar refractivity (Wildman–Crippen MR) is 57.2 cm³/mol. The molecule has 1 N–H and O–H groups in total. The first-order chi connectivity index (χ1) is 7.38. The summed E-state index contributed by atoms with van der Waals surface area (Å²) in [6.45, 7) is 1.77. The molecule has 0 amide bonds. The molecule has 15 heavy (non-hydrogen) atoms. The maximum atomic E-state index is 5.75. The fourth-order valence-electron chi connectivity index (χ4n) is 2.53. The molecule has 2 atom stereocenters. The van der Waals surface area contributed by atoms with Crippen LogP contribution in [0.25, 0.3) is 0 Å². The van der Waals surface area contributed by atoms with Gasteiger partial charge >= 0.3 is 0 Å².